The highest BCUT2D eigenvalue weighted by Crippen LogP contribution is 2.53. The van der Waals surface area contributed by atoms with E-state index in [1.54, 1.807) is 4.90 Å². The normalized spacial score (nSPS) is 27.1. The van der Waals surface area contributed by atoms with Gasteiger partial charge in [-0.1, -0.05) is 38.1 Å². The van der Waals surface area contributed by atoms with Crippen LogP contribution in [0.2, 0.25) is 0 Å². The summed E-state index contributed by atoms with van der Waals surface area (Å²) in [5.41, 5.74) is 2.90. The zero-order chi connectivity index (χ0) is 21.8. The van der Waals surface area contributed by atoms with Crippen molar-refractivity contribution in [1.29, 1.82) is 0 Å². The smallest absolute Gasteiger partial charge is 0.407 e. The van der Waals surface area contributed by atoms with E-state index in [0.717, 1.165) is 32.2 Å². The Kier molecular flexibility index (Phi) is 5.24. The van der Waals surface area contributed by atoms with E-state index >= 15 is 0 Å². The van der Waals surface area contributed by atoms with Crippen LogP contribution in [0.5, 0.6) is 0 Å². The van der Waals surface area contributed by atoms with Crippen molar-refractivity contribution >= 4 is 12.0 Å². The van der Waals surface area contributed by atoms with E-state index in [2.05, 4.69) is 47.9 Å². The minimum Gasteiger partial charge on any atom is -0.465 e. The van der Waals surface area contributed by atoms with E-state index in [-0.39, 0.29) is 23.4 Å². The number of carbonyl (C=O) groups is 2. The maximum atomic E-state index is 13.4. The maximum absolute atomic E-state index is 13.4. The van der Waals surface area contributed by atoms with Gasteiger partial charge in [-0.3, -0.25) is 9.69 Å². The zero-order valence-corrected chi connectivity index (χ0v) is 18.8. The molecule has 1 unspecified atom stereocenters. The van der Waals surface area contributed by atoms with E-state index in [0.29, 0.717) is 31.6 Å². The fourth-order valence-electron chi connectivity index (χ4n) is 6.29. The van der Waals surface area contributed by atoms with Crippen LogP contribution in [0.15, 0.2) is 24.3 Å². The van der Waals surface area contributed by atoms with Crippen molar-refractivity contribution < 1.29 is 14.7 Å². The number of hydrogen-bond acceptors (Lipinski definition) is 3. The van der Waals surface area contributed by atoms with E-state index in [1.807, 2.05) is 0 Å². The molecule has 6 heteroatoms. The van der Waals surface area contributed by atoms with Gasteiger partial charge < -0.3 is 14.9 Å². The molecule has 0 bridgehead atoms. The molecular formula is C25H35N3O3. The molecule has 2 aliphatic heterocycles. The minimum atomic E-state index is -0.803. The third kappa shape index (κ3) is 3.84. The molecule has 4 aliphatic rings. The Labute approximate surface area is 185 Å². The first-order valence-electron chi connectivity index (χ1n) is 12.0. The lowest BCUT2D eigenvalue weighted by Crippen LogP contribution is -2.62. The summed E-state index contributed by atoms with van der Waals surface area (Å²) in [6.07, 6.45) is 5.55. The van der Waals surface area contributed by atoms with Gasteiger partial charge in [-0.2, -0.15) is 0 Å². The van der Waals surface area contributed by atoms with E-state index < -0.39 is 6.09 Å². The molecule has 2 saturated carbocycles. The number of carboxylic acid groups (broad SMARTS) is 1. The van der Waals surface area contributed by atoms with E-state index in [1.165, 1.54) is 24.0 Å². The first-order valence-corrected chi connectivity index (χ1v) is 12.0. The molecule has 2 aliphatic carbocycles. The SMILES string of the molecule is CC(C)c1ccccc1C1CN(C2CC2)CC(=O)N1C1CC2(CCN(C(=O)O)CC2)C1. The fourth-order valence-corrected chi connectivity index (χ4v) is 6.29. The van der Waals surface area contributed by atoms with Gasteiger partial charge in [0.05, 0.1) is 12.6 Å². The van der Waals surface area contributed by atoms with Gasteiger partial charge in [0.2, 0.25) is 5.91 Å². The highest BCUT2D eigenvalue weighted by Gasteiger charge is 2.52. The Morgan fingerprint density at radius 3 is 2.39 bits per heavy atom. The van der Waals surface area contributed by atoms with Gasteiger partial charge in [0.1, 0.15) is 0 Å². The number of nitrogens with zero attached hydrogens (tertiary/aromatic N) is 3. The van der Waals surface area contributed by atoms with Crippen LogP contribution >= 0.6 is 0 Å². The second-order valence-electron chi connectivity index (χ2n) is 10.6. The summed E-state index contributed by atoms with van der Waals surface area (Å²) in [5, 5.41) is 9.26. The molecule has 5 rings (SSSR count). The summed E-state index contributed by atoms with van der Waals surface area (Å²) in [7, 11) is 0. The predicted molar refractivity (Wildman–Crippen MR) is 119 cm³/mol. The van der Waals surface area contributed by atoms with Crippen molar-refractivity contribution in [2.24, 2.45) is 5.41 Å². The van der Waals surface area contributed by atoms with Crippen molar-refractivity contribution in [3.63, 3.8) is 0 Å². The first-order chi connectivity index (χ1) is 14.9. The molecule has 0 aromatic heterocycles. The summed E-state index contributed by atoms with van der Waals surface area (Å²) >= 11 is 0. The monoisotopic (exact) mass is 425 g/mol. The van der Waals surface area contributed by atoms with Gasteiger partial charge in [-0.05, 0) is 61.0 Å². The molecule has 31 heavy (non-hydrogen) atoms. The highest BCUT2D eigenvalue weighted by molar-refractivity contribution is 5.80. The Balaban J connectivity index is 1.37. The number of rotatable bonds is 4. The molecule has 2 amide bonds. The van der Waals surface area contributed by atoms with Crippen molar-refractivity contribution in [2.45, 2.75) is 76.4 Å². The lowest BCUT2D eigenvalue weighted by molar-refractivity contribution is -0.153. The van der Waals surface area contributed by atoms with Crippen LogP contribution < -0.4 is 0 Å². The molecule has 1 aromatic rings. The third-order valence-electron chi connectivity index (χ3n) is 8.24. The van der Waals surface area contributed by atoms with Crippen molar-refractivity contribution in [3.05, 3.63) is 35.4 Å². The molecule has 1 aromatic carbocycles. The Morgan fingerprint density at radius 1 is 1.10 bits per heavy atom. The standard InChI is InChI=1S/C25H35N3O3/c1-17(2)20-5-3-4-6-21(20)22-15-27(18-7-8-18)16-23(29)28(22)19-13-25(14-19)9-11-26(12-10-25)24(30)31/h3-6,17-19,22H,7-16H2,1-2H3,(H,30,31). The average molecular weight is 426 g/mol. The number of benzene rings is 1. The number of piperazine rings is 1. The van der Waals surface area contributed by atoms with Crippen LogP contribution in [0.3, 0.4) is 0 Å². The molecule has 6 nitrogen and oxygen atoms in total. The Bertz CT molecular complexity index is 849. The van der Waals surface area contributed by atoms with Crippen molar-refractivity contribution in [3.8, 4) is 0 Å². The number of amides is 2. The van der Waals surface area contributed by atoms with Gasteiger partial charge in [-0.15, -0.1) is 0 Å². The number of likely N-dealkylation sites (tertiary alicyclic amines) is 1. The second kappa shape index (κ2) is 7.80. The molecular weight excluding hydrogens is 390 g/mol. The molecule has 1 atom stereocenters. The van der Waals surface area contributed by atoms with Crippen LogP contribution in [-0.4, -0.2) is 70.1 Å². The molecule has 0 radical (unpaired) electrons. The Hall–Kier alpha value is -2.08. The molecule has 168 valence electrons. The summed E-state index contributed by atoms with van der Waals surface area (Å²) in [6, 6.07) is 9.69. The fraction of sp³-hybridized carbons (Fsp3) is 0.680. The molecule has 1 N–H and O–H groups in total. The predicted octanol–water partition coefficient (Wildman–Crippen LogP) is 4.08. The van der Waals surface area contributed by atoms with Gasteiger partial charge in [-0.25, -0.2) is 4.79 Å². The van der Waals surface area contributed by atoms with Gasteiger partial charge in [0.15, 0.2) is 0 Å². The van der Waals surface area contributed by atoms with Gasteiger partial charge in [0, 0.05) is 31.7 Å². The van der Waals surface area contributed by atoms with E-state index in [9.17, 15) is 14.7 Å². The Morgan fingerprint density at radius 2 is 1.77 bits per heavy atom. The van der Waals surface area contributed by atoms with Gasteiger partial charge >= 0.3 is 6.09 Å². The van der Waals surface area contributed by atoms with Crippen LogP contribution in [0, 0.1) is 5.41 Å². The van der Waals surface area contributed by atoms with Crippen molar-refractivity contribution in [2.75, 3.05) is 26.2 Å². The number of carbonyl (C=O) groups excluding carboxylic acids is 1. The van der Waals surface area contributed by atoms with Crippen molar-refractivity contribution in [1.82, 2.24) is 14.7 Å². The minimum absolute atomic E-state index is 0.127. The van der Waals surface area contributed by atoms with Crippen LogP contribution in [-0.2, 0) is 4.79 Å². The summed E-state index contributed by atoms with van der Waals surface area (Å²) in [6.45, 7) is 7.23. The molecule has 2 heterocycles. The summed E-state index contributed by atoms with van der Waals surface area (Å²) in [5.74, 6) is 0.710. The van der Waals surface area contributed by atoms with Crippen LogP contribution in [0.4, 0.5) is 4.79 Å². The number of hydrogen-bond donors (Lipinski definition) is 1. The quantitative estimate of drug-likeness (QED) is 0.790. The average Bonchev–Trinajstić information content (AvgIpc) is 3.57. The first kappa shape index (κ1) is 20.8. The topological polar surface area (TPSA) is 64.1 Å². The highest BCUT2D eigenvalue weighted by atomic mass is 16.4. The summed E-state index contributed by atoms with van der Waals surface area (Å²) < 4.78 is 0. The zero-order valence-electron chi connectivity index (χ0n) is 18.8. The van der Waals surface area contributed by atoms with Gasteiger partial charge in [0.25, 0.3) is 0 Å². The molecule has 4 fully saturated rings. The third-order valence-corrected chi connectivity index (χ3v) is 8.24. The molecule has 2 saturated heterocycles. The maximum Gasteiger partial charge on any atom is 0.407 e. The van der Waals surface area contributed by atoms with E-state index in [4.69, 9.17) is 0 Å². The lowest BCUT2D eigenvalue weighted by atomic mass is 9.59. The summed E-state index contributed by atoms with van der Waals surface area (Å²) in [4.78, 5) is 30.9. The molecule has 1 spiro atoms. The second-order valence-corrected chi connectivity index (χ2v) is 10.6. The lowest BCUT2D eigenvalue weighted by Gasteiger charge is -2.58. The van der Waals surface area contributed by atoms with Crippen LogP contribution in [0.1, 0.15) is 75.5 Å². The van der Waals surface area contributed by atoms with Crippen LogP contribution in [0.25, 0.3) is 0 Å². The number of piperidine rings is 1. The largest absolute Gasteiger partial charge is 0.465 e.